The summed E-state index contributed by atoms with van der Waals surface area (Å²) in [4.78, 5) is 13.7. The predicted molar refractivity (Wildman–Crippen MR) is 63.5 cm³/mol. The summed E-state index contributed by atoms with van der Waals surface area (Å²) in [5, 5.41) is 0. The van der Waals surface area contributed by atoms with Crippen molar-refractivity contribution in [2.75, 3.05) is 7.05 Å². The lowest BCUT2D eigenvalue weighted by Gasteiger charge is -2.29. The van der Waals surface area contributed by atoms with Crippen molar-refractivity contribution < 1.29 is 4.79 Å². The van der Waals surface area contributed by atoms with Gasteiger partial charge in [0.1, 0.15) is 0 Å². The Morgan fingerprint density at radius 2 is 2.07 bits per heavy atom. The lowest BCUT2D eigenvalue weighted by Crippen LogP contribution is -2.38. The van der Waals surface area contributed by atoms with E-state index in [1.165, 1.54) is 5.57 Å². The van der Waals surface area contributed by atoms with Crippen LogP contribution < -0.4 is 0 Å². The van der Waals surface area contributed by atoms with Crippen molar-refractivity contribution in [2.45, 2.75) is 39.7 Å². The smallest absolute Gasteiger partial charge is 0.225 e. The van der Waals surface area contributed by atoms with Gasteiger partial charge in [0, 0.05) is 13.0 Å². The van der Waals surface area contributed by atoms with Crippen LogP contribution in [-0.4, -0.2) is 23.9 Å². The highest BCUT2D eigenvalue weighted by Crippen LogP contribution is 2.19. The molecule has 0 aromatic rings. The molecule has 0 N–H and O–H groups in total. The van der Waals surface area contributed by atoms with Crippen LogP contribution in [0.1, 0.15) is 33.6 Å². The molecule has 0 saturated carbocycles. The summed E-state index contributed by atoms with van der Waals surface area (Å²) in [6, 6.07) is 0.227. The van der Waals surface area contributed by atoms with Crippen molar-refractivity contribution in [1.29, 1.82) is 0 Å². The molecule has 0 heterocycles. The van der Waals surface area contributed by atoms with Crippen LogP contribution in [0, 0.1) is 5.92 Å². The van der Waals surface area contributed by atoms with Gasteiger partial charge in [0.05, 0.1) is 6.04 Å². The van der Waals surface area contributed by atoms with Crippen LogP contribution in [0.5, 0.6) is 0 Å². The predicted octanol–water partition coefficient (Wildman–Crippen LogP) is 2.77. The molecule has 0 spiro atoms. The molecule has 84 valence electrons. The SMILES string of the molecule is CC(C)C(=O)N(C)C(C)C1=CC=CCC1. The molecule has 0 fully saturated rings. The Bertz CT molecular complexity index is 289. The van der Waals surface area contributed by atoms with Gasteiger partial charge in [-0.15, -0.1) is 0 Å². The standard InChI is InChI=1S/C13H21NO/c1-10(2)13(15)14(4)11(3)12-8-6-5-7-9-12/h5-6,8,10-11H,7,9H2,1-4H3. The number of rotatable bonds is 3. The Kier molecular flexibility index (Phi) is 4.13. The highest BCUT2D eigenvalue weighted by molar-refractivity contribution is 5.78. The summed E-state index contributed by atoms with van der Waals surface area (Å²) >= 11 is 0. The zero-order valence-electron chi connectivity index (χ0n) is 10.2. The fraction of sp³-hybridized carbons (Fsp3) is 0.615. The first kappa shape index (κ1) is 12.0. The van der Waals surface area contributed by atoms with Gasteiger partial charge in [-0.3, -0.25) is 4.79 Å². The fourth-order valence-corrected chi connectivity index (χ4v) is 1.82. The van der Waals surface area contributed by atoms with Crippen molar-refractivity contribution >= 4 is 5.91 Å². The van der Waals surface area contributed by atoms with Gasteiger partial charge < -0.3 is 4.90 Å². The monoisotopic (exact) mass is 207 g/mol. The molecule has 0 bridgehead atoms. The van der Waals surface area contributed by atoms with Crippen molar-refractivity contribution in [3.63, 3.8) is 0 Å². The van der Waals surface area contributed by atoms with E-state index in [9.17, 15) is 4.79 Å². The molecule has 0 aliphatic heterocycles. The van der Waals surface area contributed by atoms with Crippen molar-refractivity contribution in [1.82, 2.24) is 4.90 Å². The molecule has 1 rings (SSSR count). The second-order valence-corrected chi connectivity index (χ2v) is 4.49. The highest BCUT2D eigenvalue weighted by atomic mass is 16.2. The Hall–Kier alpha value is -1.05. The van der Waals surface area contributed by atoms with Gasteiger partial charge in [-0.05, 0) is 25.3 Å². The summed E-state index contributed by atoms with van der Waals surface area (Å²) in [6.07, 6.45) is 8.56. The van der Waals surface area contributed by atoms with Gasteiger partial charge in [0.15, 0.2) is 0 Å². The van der Waals surface area contributed by atoms with Gasteiger partial charge in [-0.1, -0.05) is 32.1 Å². The third kappa shape index (κ3) is 2.95. The molecule has 0 aromatic carbocycles. The fourth-order valence-electron chi connectivity index (χ4n) is 1.82. The average Bonchev–Trinajstić information content (AvgIpc) is 2.27. The van der Waals surface area contributed by atoms with E-state index < -0.39 is 0 Å². The summed E-state index contributed by atoms with van der Waals surface area (Å²) in [6.45, 7) is 5.99. The van der Waals surface area contributed by atoms with E-state index in [1.54, 1.807) is 0 Å². The molecule has 0 radical (unpaired) electrons. The Morgan fingerprint density at radius 3 is 2.53 bits per heavy atom. The van der Waals surface area contributed by atoms with E-state index in [0.717, 1.165) is 12.8 Å². The van der Waals surface area contributed by atoms with Gasteiger partial charge in [0.2, 0.25) is 5.91 Å². The maximum Gasteiger partial charge on any atom is 0.225 e. The zero-order valence-corrected chi connectivity index (χ0v) is 10.2. The van der Waals surface area contributed by atoms with E-state index in [4.69, 9.17) is 0 Å². The van der Waals surface area contributed by atoms with Crippen LogP contribution in [0.15, 0.2) is 23.8 Å². The van der Waals surface area contributed by atoms with E-state index in [2.05, 4.69) is 25.2 Å². The normalized spacial score (nSPS) is 17.5. The Balaban J connectivity index is 2.67. The van der Waals surface area contributed by atoms with Crippen LogP contribution >= 0.6 is 0 Å². The molecule has 1 aliphatic rings. The lowest BCUT2D eigenvalue weighted by molar-refractivity contribution is -0.134. The number of hydrogen-bond acceptors (Lipinski definition) is 1. The topological polar surface area (TPSA) is 20.3 Å². The Morgan fingerprint density at radius 1 is 1.40 bits per heavy atom. The highest BCUT2D eigenvalue weighted by Gasteiger charge is 2.21. The number of likely N-dealkylation sites (N-methyl/N-ethyl adjacent to an activating group) is 1. The van der Waals surface area contributed by atoms with Crippen LogP contribution in [0.3, 0.4) is 0 Å². The lowest BCUT2D eigenvalue weighted by atomic mass is 9.97. The van der Waals surface area contributed by atoms with Gasteiger partial charge in [-0.25, -0.2) is 0 Å². The first-order valence-corrected chi connectivity index (χ1v) is 5.66. The van der Waals surface area contributed by atoms with Crippen LogP contribution in [0.4, 0.5) is 0 Å². The molecule has 1 unspecified atom stereocenters. The van der Waals surface area contributed by atoms with Gasteiger partial charge in [-0.2, -0.15) is 0 Å². The number of allylic oxidation sites excluding steroid dienone is 3. The summed E-state index contributed by atoms with van der Waals surface area (Å²) in [7, 11) is 1.90. The van der Waals surface area contributed by atoms with E-state index in [0.29, 0.717) is 0 Å². The molecule has 2 heteroatoms. The number of hydrogen-bond donors (Lipinski definition) is 0. The number of nitrogens with zero attached hydrogens (tertiary/aromatic N) is 1. The van der Waals surface area contributed by atoms with Crippen molar-refractivity contribution in [3.8, 4) is 0 Å². The minimum absolute atomic E-state index is 0.0807. The first-order valence-electron chi connectivity index (χ1n) is 5.66. The van der Waals surface area contributed by atoms with Crippen LogP contribution in [-0.2, 0) is 4.79 Å². The second-order valence-electron chi connectivity index (χ2n) is 4.49. The van der Waals surface area contributed by atoms with E-state index >= 15 is 0 Å². The Labute approximate surface area is 92.7 Å². The minimum Gasteiger partial charge on any atom is -0.339 e. The molecular weight excluding hydrogens is 186 g/mol. The molecular formula is C13H21NO. The summed E-state index contributed by atoms with van der Waals surface area (Å²) < 4.78 is 0. The number of amides is 1. The molecule has 2 nitrogen and oxygen atoms in total. The minimum atomic E-state index is 0.0807. The molecule has 1 aliphatic carbocycles. The molecule has 15 heavy (non-hydrogen) atoms. The zero-order chi connectivity index (χ0) is 11.4. The van der Waals surface area contributed by atoms with E-state index in [-0.39, 0.29) is 17.9 Å². The number of carbonyl (C=O) groups is 1. The third-order valence-corrected chi connectivity index (χ3v) is 3.01. The average molecular weight is 207 g/mol. The quantitative estimate of drug-likeness (QED) is 0.697. The molecule has 1 atom stereocenters. The molecule has 0 aromatic heterocycles. The van der Waals surface area contributed by atoms with Crippen LogP contribution in [0.25, 0.3) is 0 Å². The van der Waals surface area contributed by atoms with Crippen molar-refractivity contribution in [2.24, 2.45) is 5.92 Å². The van der Waals surface area contributed by atoms with Gasteiger partial charge >= 0.3 is 0 Å². The first-order chi connectivity index (χ1) is 7.04. The molecule has 0 saturated heterocycles. The maximum absolute atomic E-state index is 11.8. The third-order valence-electron chi connectivity index (χ3n) is 3.01. The number of carbonyl (C=O) groups excluding carboxylic acids is 1. The van der Waals surface area contributed by atoms with Crippen molar-refractivity contribution in [3.05, 3.63) is 23.8 Å². The molecule has 1 amide bonds. The second kappa shape index (κ2) is 5.15. The van der Waals surface area contributed by atoms with E-state index in [1.807, 2.05) is 25.8 Å². The summed E-state index contributed by atoms with van der Waals surface area (Å²) in [5.41, 5.74) is 1.36. The largest absolute Gasteiger partial charge is 0.339 e. The maximum atomic E-state index is 11.8. The van der Waals surface area contributed by atoms with Gasteiger partial charge in [0.25, 0.3) is 0 Å². The summed E-state index contributed by atoms with van der Waals surface area (Å²) in [5.74, 6) is 0.301. The van der Waals surface area contributed by atoms with Crippen LogP contribution in [0.2, 0.25) is 0 Å².